The van der Waals surface area contributed by atoms with Gasteiger partial charge < -0.3 is 19.6 Å². The minimum absolute atomic E-state index is 0.0723. The molecular formula is C28H37N7O5S2. The van der Waals surface area contributed by atoms with Gasteiger partial charge in [-0.15, -0.1) is 0 Å². The van der Waals surface area contributed by atoms with Gasteiger partial charge in [-0.05, 0) is 69.6 Å². The number of nitrogens with two attached hydrogens (primary N) is 1. The number of aromatic nitrogens is 3. The highest BCUT2D eigenvalue weighted by Gasteiger charge is 2.29. The summed E-state index contributed by atoms with van der Waals surface area (Å²) in [6.07, 6.45) is 4.68. The summed E-state index contributed by atoms with van der Waals surface area (Å²) in [6.45, 7) is 6.77. The molecule has 0 saturated carbocycles. The molecule has 4 heterocycles. The number of aryl methyl sites for hydroxylation is 1. The Morgan fingerprint density at radius 3 is 2.62 bits per heavy atom. The molecule has 0 aliphatic carbocycles. The third kappa shape index (κ3) is 6.83. The summed E-state index contributed by atoms with van der Waals surface area (Å²) in [5, 5.41) is 18.9. The maximum Gasteiger partial charge on any atom is 0.350 e. The third-order valence-corrected chi connectivity index (χ3v) is 9.53. The zero-order valence-corrected chi connectivity index (χ0v) is 25.5. The van der Waals surface area contributed by atoms with Crippen LogP contribution < -0.4 is 20.3 Å². The number of rotatable bonds is 9. The normalized spacial score (nSPS) is 17.5. The summed E-state index contributed by atoms with van der Waals surface area (Å²) in [5.41, 5.74) is 2.56. The van der Waals surface area contributed by atoms with Gasteiger partial charge in [0.25, 0.3) is 0 Å². The molecule has 12 nitrogen and oxygen atoms in total. The Balaban J connectivity index is 1.53. The van der Waals surface area contributed by atoms with Gasteiger partial charge in [-0.3, -0.25) is 5.32 Å². The number of benzene rings is 1. The predicted molar refractivity (Wildman–Crippen MR) is 162 cm³/mol. The van der Waals surface area contributed by atoms with Crippen LogP contribution in [0.1, 0.15) is 59.1 Å². The van der Waals surface area contributed by atoms with Crippen molar-refractivity contribution in [3.8, 4) is 0 Å². The van der Waals surface area contributed by atoms with Crippen molar-refractivity contribution >= 4 is 50.0 Å². The van der Waals surface area contributed by atoms with Crippen molar-refractivity contribution in [2.45, 2.75) is 57.4 Å². The van der Waals surface area contributed by atoms with E-state index in [1.54, 1.807) is 26.0 Å². The topological polar surface area (TPSA) is 164 Å². The Bertz CT molecular complexity index is 1530. The summed E-state index contributed by atoms with van der Waals surface area (Å²) in [4.78, 5) is 31.8. The van der Waals surface area contributed by atoms with E-state index in [1.807, 2.05) is 0 Å². The molecule has 3 aromatic rings. The number of ether oxygens (including phenoxy) is 1. The first-order chi connectivity index (χ1) is 20.2. The van der Waals surface area contributed by atoms with Crippen molar-refractivity contribution in [2.24, 2.45) is 11.1 Å². The van der Waals surface area contributed by atoms with E-state index in [-0.39, 0.29) is 24.0 Å². The monoisotopic (exact) mass is 615 g/mol. The third-order valence-electron chi connectivity index (χ3n) is 7.55. The number of fused-ring (bicyclic) bond motifs is 1. The van der Waals surface area contributed by atoms with Crippen LogP contribution in [0.3, 0.4) is 0 Å². The van der Waals surface area contributed by atoms with Crippen LogP contribution in [0.2, 0.25) is 0 Å². The Hall–Kier alpha value is -3.33. The second kappa shape index (κ2) is 12.9. The molecule has 0 spiro atoms. The van der Waals surface area contributed by atoms with E-state index < -0.39 is 16.0 Å². The molecule has 4 N–H and O–H groups in total. The van der Waals surface area contributed by atoms with E-state index in [1.165, 1.54) is 23.5 Å². The number of anilines is 4. The van der Waals surface area contributed by atoms with Crippen LogP contribution >= 0.6 is 11.3 Å². The van der Waals surface area contributed by atoms with Crippen molar-refractivity contribution in [3.05, 3.63) is 46.0 Å². The molecule has 2 aromatic heterocycles. The van der Waals surface area contributed by atoms with E-state index >= 15 is 0 Å². The number of primary sulfonamides is 1. The first-order valence-corrected chi connectivity index (χ1v) is 16.6. The van der Waals surface area contributed by atoms with E-state index in [4.69, 9.17) is 19.8 Å². The van der Waals surface area contributed by atoms with Crippen molar-refractivity contribution in [2.75, 3.05) is 48.0 Å². The number of nitrogens with one attached hydrogen (secondary N) is 1. The van der Waals surface area contributed by atoms with Gasteiger partial charge in [0, 0.05) is 38.3 Å². The standard InChI is InChI=1S/C28H37N7O5S2/c1-3-40-26(37)23-18(2)30-28(41-23)33-27-31-24-22(25(32-27)35-14-6-7-20(16-35)17-36)8-4-5-13-34(24)15-19-9-11-21(12-10-19)42(29,38)39/h9-12,20,36H,3-8,13-17H2,1-2H3,(H2,29,38,39)(H,30,31,32,33). The zero-order chi connectivity index (χ0) is 29.9. The number of nitrogens with zero attached hydrogens (tertiary/aromatic N) is 5. The molecule has 0 radical (unpaired) electrons. The molecular weight excluding hydrogens is 578 g/mol. The van der Waals surface area contributed by atoms with Crippen molar-refractivity contribution < 1.29 is 23.1 Å². The fourth-order valence-electron chi connectivity index (χ4n) is 5.47. The van der Waals surface area contributed by atoms with E-state index in [9.17, 15) is 18.3 Å². The van der Waals surface area contributed by atoms with Gasteiger partial charge in [0.15, 0.2) is 5.13 Å². The van der Waals surface area contributed by atoms with Crippen molar-refractivity contribution in [1.29, 1.82) is 0 Å². The molecule has 1 aromatic carbocycles. The van der Waals surface area contributed by atoms with E-state index in [2.05, 4.69) is 20.1 Å². The largest absolute Gasteiger partial charge is 0.462 e. The Labute approximate surface area is 250 Å². The number of piperidine rings is 1. The molecule has 1 atom stereocenters. The summed E-state index contributed by atoms with van der Waals surface area (Å²) in [5.74, 6) is 1.79. The highest BCUT2D eigenvalue weighted by molar-refractivity contribution is 7.89. The highest BCUT2D eigenvalue weighted by atomic mass is 32.2. The van der Waals surface area contributed by atoms with Gasteiger partial charge in [-0.25, -0.2) is 23.3 Å². The van der Waals surface area contributed by atoms with Crippen LogP contribution in [-0.2, 0) is 27.7 Å². The fraction of sp³-hybridized carbons (Fsp3) is 0.500. The highest BCUT2D eigenvalue weighted by Crippen LogP contribution is 2.36. The van der Waals surface area contributed by atoms with E-state index in [0.717, 1.165) is 68.0 Å². The van der Waals surface area contributed by atoms with Crippen LogP contribution in [0, 0.1) is 12.8 Å². The zero-order valence-electron chi connectivity index (χ0n) is 23.9. The Kier molecular flexibility index (Phi) is 9.25. The summed E-state index contributed by atoms with van der Waals surface area (Å²) in [7, 11) is -3.78. The molecule has 226 valence electrons. The van der Waals surface area contributed by atoms with Crippen molar-refractivity contribution in [1.82, 2.24) is 15.0 Å². The van der Waals surface area contributed by atoms with Crippen LogP contribution in [-0.4, -0.2) is 67.3 Å². The second-order valence-electron chi connectivity index (χ2n) is 10.7. The predicted octanol–water partition coefficient (Wildman–Crippen LogP) is 3.36. The lowest BCUT2D eigenvalue weighted by atomic mass is 9.98. The fourth-order valence-corrected chi connectivity index (χ4v) is 6.84. The average molecular weight is 616 g/mol. The smallest absolute Gasteiger partial charge is 0.350 e. The lowest BCUT2D eigenvalue weighted by Crippen LogP contribution is -2.38. The molecule has 2 aliphatic heterocycles. The summed E-state index contributed by atoms with van der Waals surface area (Å²) in [6, 6.07) is 6.60. The van der Waals surface area contributed by atoms with Crippen LogP contribution in [0.25, 0.3) is 0 Å². The number of aliphatic hydroxyl groups is 1. The Morgan fingerprint density at radius 1 is 1.14 bits per heavy atom. The van der Waals surface area contributed by atoms with Gasteiger partial charge in [0.1, 0.15) is 16.5 Å². The lowest BCUT2D eigenvalue weighted by Gasteiger charge is -2.35. The molecule has 5 rings (SSSR count). The maximum absolute atomic E-state index is 12.4. The van der Waals surface area contributed by atoms with Crippen LogP contribution in [0.5, 0.6) is 0 Å². The number of carbonyl (C=O) groups excluding carboxylic acids is 1. The number of carbonyl (C=O) groups is 1. The number of sulfonamides is 1. The number of aliphatic hydroxyl groups excluding tert-OH is 1. The average Bonchev–Trinajstić information content (AvgIpc) is 3.22. The molecule has 2 aliphatic rings. The first-order valence-electron chi connectivity index (χ1n) is 14.2. The molecule has 14 heteroatoms. The Morgan fingerprint density at radius 2 is 1.90 bits per heavy atom. The quantitative estimate of drug-likeness (QED) is 0.302. The SMILES string of the molecule is CCOC(=O)c1sc(Nc2nc3c(c(N4CCCC(CO)C4)n2)CCCCN3Cc2ccc(S(N)(=O)=O)cc2)nc1C. The number of esters is 1. The van der Waals surface area contributed by atoms with Crippen molar-refractivity contribution in [3.63, 3.8) is 0 Å². The summed E-state index contributed by atoms with van der Waals surface area (Å²) >= 11 is 1.20. The molecule has 1 fully saturated rings. The van der Waals surface area contributed by atoms with Gasteiger partial charge in [-0.1, -0.05) is 23.5 Å². The molecule has 1 saturated heterocycles. The van der Waals surface area contributed by atoms with E-state index in [0.29, 0.717) is 34.7 Å². The molecule has 0 amide bonds. The second-order valence-corrected chi connectivity index (χ2v) is 13.2. The maximum atomic E-state index is 12.4. The van der Waals surface area contributed by atoms with Gasteiger partial charge in [-0.2, -0.15) is 9.97 Å². The molecule has 0 bridgehead atoms. The summed E-state index contributed by atoms with van der Waals surface area (Å²) < 4.78 is 28.7. The number of thiazole rings is 1. The molecule has 42 heavy (non-hydrogen) atoms. The van der Waals surface area contributed by atoms with Gasteiger partial charge in [0.2, 0.25) is 16.0 Å². The lowest BCUT2D eigenvalue weighted by molar-refractivity contribution is 0.0531. The number of hydrogen-bond donors (Lipinski definition) is 3. The minimum Gasteiger partial charge on any atom is -0.462 e. The van der Waals surface area contributed by atoms with Crippen LogP contribution in [0.4, 0.5) is 22.7 Å². The molecule has 1 unspecified atom stereocenters. The minimum atomic E-state index is -3.78. The van der Waals surface area contributed by atoms with Gasteiger partial charge in [0.05, 0.1) is 17.2 Å². The number of hydrogen-bond acceptors (Lipinski definition) is 12. The van der Waals surface area contributed by atoms with Gasteiger partial charge >= 0.3 is 5.97 Å². The first kappa shape index (κ1) is 30.1. The van der Waals surface area contributed by atoms with Crippen LogP contribution in [0.15, 0.2) is 29.2 Å².